The maximum Gasteiger partial charge on any atom is 0.0729 e. The fourth-order valence-electron chi connectivity index (χ4n) is 3.56. The monoisotopic (exact) mass is 279 g/mol. The Morgan fingerprint density at radius 2 is 2.15 bits per heavy atom. The number of ether oxygens (including phenoxy) is 2. The largest absolute Gasteiger partial charge is 0.381 e. The van der Waals surface area contributed by atoms with E-state index in [1.54, 1.807) is 0 Å². The van der Waals surface area contributed by atoms with Crippen LogP contribution in [0.2, 0.25) is 0 Å². The van der Waals surface area contributed by atoms with Crippen LogP contribution in [0, 0.1) is 12.8 Å². The van der Waals surface area contributed by atoms with E-state index in [1.165, 1.54) is 11.3 Å². The van der Waals surface area contributed by atoms with Gasteiger partial charge in [-0.05, 0) is 38.5 Å². The Bertz CT molecular complexity index is 460. The Kier molecular flexibility index (Phi) is 3.84. The van der Waals surface area contributed by atoms with E-state index in [2.05, 4.69) is 12.0 Å². The first-order valence-electron chi connectivity index (χ1n) is 7.57. The SMILES string of the molecule is Cc1c(C(N)C2CCOC3(CCOCC3)C2)cnn1C. The molecule has 0 radical (unpaired) electrons. The molecule has 2 unspecified atom stereocenters. The number of aromatic nitrogens is 2. The van der Waals surface area contributed by atoms with Crippen molar-refractivity contribution >= 4 is 0 Å². The summed E-state index contributed by atoms with van der Waals surface area (Å²) in [5, 5.41) is 4.32. The topological polar surface area (TPSA) is 62.3 Å². The van der Waals surface area contributed by atoms with Crippen molar-refractivity contribution in [2.75, 3.05) is 19.8 Å². The van der Waals surface area contributed by atoms with Gasteiger partial charge in [0, 0.05) is 44.2 Å². The predicted octanol–water partition coefficient (Wildman–Crippen LogP) is 1.70. The van der Waals surface area contributed by atoms with Crippen molar-refractivity contribution in [3.05, 3.63) is 17.5 Å². The lowest BCUT2D eigenvalue weighted by molar-refractivity contribution is -0.149. The third-order valence-electron chi connectivity index (χ3n) is 5.08. The van der Waals surface area contributed by atoms with E-state index in [4.69, 9.17) is 15.2 Å². The first-order valence-corrected chi connectivity index (χ1v) is 7.57. The van der Waals surface area contributed by atoms with Crippen LogP contribution >= 0.6 is 0 Å². The molecule has 2 aliphatic rings. The van der Waals surface area contributed by atoms with E-state index in [9.17, 15) is 0 Å². The summed E-state index contributed by atoms with van der Waals surface area (Å²) in [5.41, 5.74) is 8.90. The number of hydrogen-bond donors (Lipinski definition) is 1. The Hall–Kier alpha value is -0.910. The fourth-order valence-corrected chi connectivity index (χ4v) is 3.56. The molecule has 5 heteroatoms. The van der Waals surface area contributed by atoms with Crippen LogP contribution in [0.3, 0.4) is 0 Å². The highest BCUT2D eigenvalue weighted by Gasteiger charge is 2.41. The van der Waals surface area contributed by atoms with Gasteiger partial charge in [0.1, 0.15) is 0 Å². The average molecular weight is 279 g/mol. The van der Waals surface area contributed by atoms with Gasteiger partial charge in [0.2, 0.25) is 0 Å². The zero-order valence-corrected chi connectivity index (χ0v) is 12.5. The van der Waals surface area contributed by atoms with Gasteiger partial charge in [0.15, 0.2) is 0 Å². The molecule has 1 aromatic rings. The molecule has 0 bridgehead atoms. The molecule has 2 aliphatic heterocycles. The first-order chi connectivity index (χ1) is 9.61. The van der Waals surface area contributed by atoms with Crippen molar-refractivity contribution in [1.29, 1.82) is 0 Å². The van der Waals surface area contributed by atoms with Gasteiger partial charge < -0.3 is 15.2 Å². The van der Waals surface area contributed by atoms with Gasteiger partial charge in [-0.1, -0.05) is 0 Å². The lowest BCUT2D eigenvalue weighted by atomic mass is 9.76. The highest BCUT2D eigenvalue weighted by atomic mass is 16.5. The van der Waals surface area contributed by atoms with Crippen LogP contribution in [-0.4, -0.2) is 35.2 Å². The van der Waals surface area contributed by atoms with Gasteiger partial charge in [0.25, 0.3) is 0 Å². The second-order valence-corrected chi connectivity index (χ2v) is 6.23. The van der Waals surface area contributed by atoms with E-state index in [1.807, 2.05) is 17.9 Å². The molecule has 2 N–H and O–H groups in total. The molecule has 2 saturated heterocycles. The summed E-state index contributed by atoms with van der Waals surface area (Å²) in [6, 6.07) is 0.0623. The standard InChI is InChI=1S/C15H25N3O2/c1-11-13(10-17-18(11)2)14(16)12-3-6-20-15(9-12)4-7-19-8-5-15/h10,12,14H,3-9,16H2,1-2H3. The zero-order valence-electron chi connectivity index (χ0n) is 12.5. The molecule has 0 aliphatic carbocycles. The van der Waals surface area contributed by atoms with Gasteiger partial charge in [0.05, 0.1) is 11.8 Å². The third-order valence-corrected chi connectivity index (χ3v) is 5.08. The Balaban J connectivity index is 1.74. The van der Waals surface area contributed by atoms with Crippen molar-refractivity contribution in [2.45, 2.75) is 44.2 Å². The summed E-state index contributed by atoms with van der Waals surface area (Å²) >= 11 is 0. The average Bonchev–Trinajstić information content (AvgIpc) is 2.79. The summed E-state index contributed by atoms with van der Waals surface area (Å²) in [4.78, 5) is 0. The van der Waals surface area contributed by atoms with Crippen LogP contribution in [0.4, 0.5) is 0 Å². The molecule has 5 nitrogen and oxygen atoms in total. The second kappa shape index (κ2) is 5.47. The lowest BCUT2D eigenvalue weighted by Crippen LogP contribution is -2.46. The molecular weight excluding hydrogens is 254 g/mol. The summed E-state index contributed by atoms with van der Waals surface area (Å²) in [7, 11) is 1.97. The van der Waals surface area contributed by atoms with E-state index in [0.717, 1.165) is 45.5 Å². The summed E-state index contributed by atoms with van der Waals surface area (Å²) in [6.07, 6.45) is 6.01. The van der Waals surface area contributed by atoms with Gasteiger partial charge >= 0.3 is 0 Å². The second-order valence-electron chi connectivity index (χ2n) is 6.23. The van der Waals surface area contributed by atoms with Crippen LogP contribution in [0.1, 0.15) is 43.0 Å². The molecule has 2 fully saturated rings. The fraction of sp³-hybridized carbons (Fsp3) is 0.800. The minimum absolute atomic E-state index is 0.00883. The van der Waals surface area contributed by atoms with E-state index in [-0.39, 0.29) is 11.6 Å². The third kappa shape index (κ3) is 2.50. The van der Waals surface area contributed by atoms with Crippen LogP contribution in [-0.2, 0) is 16.5 Å². The van der Waals surface area contributed by atoms with Gasteiger partial charge in [-0.25, -0.2) is 0 Å². The minimum atomic E-state index is 0.00883. The summed E-state index contributed by atoms with van der Waals surface area (Å²) in [5.74, 6) is 0.477. The van der Waals surface area contributed by atoms with Gasteiger partial charge in [-0.2, -0.15) is 5.10 Å². The van der Waals surface area contributed by atoms with Crippen molar-refractivity contribution in [3.8, 4) is 0 Å². The summed E-state index contributed by atoms with van der Waals surface area (Å²) < 4.78 is 13.5. The molecule has 20 heavy (non-hydrogen) atoms. The molecular formula is C15H25N3O2. The normalized spacial score (nSPS) is 27.6. The van der Waals surface area contributed by atoms with Gasteiger partial charge in [-0.15, -0.1) is 0 Å². The van der Waals surface area contributed by atoms with E-state index >= 15 is 0 Å². The molecule has 3 rings (SSSR count). The molecule has 3 heterocycles. The predicted molar refractivity (Wildman–Crippen MR) is 76.3 cm³/mol. The highest BCUT2D eigenvalue weighted by molar-refractivity contribution is 5.21. The zero-order chi connectivity index (χ0) is 14.2. The molecule has 112 valence electrons. The number of hydrogen-bond acceptors (Lipinski definition) is 4. The quantitative estimate of drug-likeness (QED) is 0.895. The smallest absolute Gasteiger partial charge is 0.0729 e. The first kappa shape index (κ1) is 14.0. The van der Waals surface area contributed by atoms with Crippen LogP contribution in [0.25, 0.3) is 0 Å². The number of nitrogens with zero attached hydrogens (tertiary/aromatic N) is 2. The Morgan fingerprint density at radius 3 is 2.80 bits per heavy atom. The Morgan fingerprint density at radius 1 is 1.40 bits per heavy atom. The lowest BCUT2D eigenvalue weighted by Gasteiger charge is -2.44. The van der Waals surface area contributed by atoms with Crippen molar-refractivity contribution < 1.29 is 9.47 Å². The minimum Gasteiger partial charge on any atom is -0.381 e. The number of aryl methyl sites for hydroxylation is 1. The molecule has 0 aromatic carbocycles. The maximum absolute atomic E-state index is 6.53. The van der Waals surface area contributed by atoms with Crippen LogP contribution < -0.4 is 5.73 Å². The highest BCUT2D eigenvalue weighted by Crippen LogP contribution is 2.41. The van der Waals surface area contributed by atoms with Crippen molar-refractivity contribution in [3.63, 3.8) is 0 Å². The molecule has 0 saturated carbocycles. The van der Waals surface area contributed by atoms with Crippen molar-refractivity contribution in [1.82, 2.24) is 9.78 Å². The summed E-state index contributed by atoms with van der Waals surface area (Å²) in [6.45, 7) is 4.53. The van der Waals surface area contributed by atoms with Crippen LogP contribution in [0.5, 0.6) is 0 Å². The molecule has 1 spiro atoms. The van der Waals surface area contributed by atoms with E-state index in [0.29, 0.717) is 5.92 Å². The van der Waals surface area contributed by atoms with E-state index < -0.39 is 0 Å². The van der Waals surface area contributed by atoms with Crippen molar-refractivity contribution in [2.24, 2.45) is 18.7 Å². The van der Waals surface area contributed by atoms with Gasteiger partial charge in [-0.3, -0.25) is 4.68 Å². The maximum atomic E-state index is 6.53. The number of nitrogens with two attached hydrogens (primary N) is 1. The molecule has 2 atom stereocenters. The molecule has 0 amide bonds. The molecule has 1 aromatic heterocycles. The number of rotatable bonds is 2. The Labute approximate surface area is 120 Å². The van der Waals surface area contributed by atoms with Crippen LogP contribution in [0.15, 0.2) is 6.20 Å².